The number of rotatable bonds is 3. The van der Waals surface area contributed by atoms with Gasteiger partial charge in [0, 0.05) is 24.7 Å². The molecule has 2 heterocycles. The van der Waals surface area contributed by atoms with Crippen molar-refractivity contribution in [2.24, 2.45) is 5.92 Å². The van der Waals surface area contributed by atoms with Gasteiger partial charge in [-0.15, -0.1) is 0 Å². The van der Waals surface area contributed by atoms with Crippen molar-refractivity contribution < 1.29 is 4.79 Å². The monoisotopic (exact) mass is 221 g/mol. The molecule has 1 aromatic rings. The number of nitrogens with zero attached hydrogens (tertiary/aromatic N) is 2. The molecule has 88 valence electrons. The first-order valence-electron chi connectivity index (χ1n) is 5.97. The van der Waals surface area contributed by atoms with E-state index in [4.69, 9.17) is 0 Å². The minimum Gasteiger partial charge on any atom is -0.316 e. The number of aromatic nitrogens is 2. The smallest absolute Gasteiger partial charge is 0.170 e. The molecular formula is C12H19N3O. The van der Waals surface area contributed by atoms with Gasteiger partial charge < -0.3 is 5.32 Å². The summed E-state index contributed by atoms with van der Waals surface area (Å²) in [5.74, 6) is 0.373. The predicted molar refractivity (Wildman–Crippen MR) is 62.5 cm³/mol. The number of hydrogen-bond acceptors (Lipinski definition) is 3. The molecule has 4 heteroatoms. The van der Waals surface area contributed by atoms with E-state index in [1.54, 1.807) is 6.20 Å². The minimum absolute atomic E-state index is 0.138. The molecule has 0 bridgehead atoms. The minimum atomic E-state index is 0.138. The summed E-state index contributed by atoms with van der Waals surface area (Å²) < 4.78 is 1.84. The third-order valence-corrected chi connectivity index (χ3v) is 3.08. The van der Waals surface area contributed by atoms with Crippen molar-refractivity contribution >= 4 is 5.78 Å². The zero-order valence-corrected chi connectivity index (χ0v) is 9.94. The van der Waals surface area contributed by atoms with Crippen molar-refractivity contribution in [3.63, 3.8) is 0 Å². The van der Waals surface area contributed by atoms with Crippen molar-refractivity contribution in [1.29, 1.82) is 0 Å². The van der Waals surface area contributed by atoms with E-state index in [9.17, 15) is 4.79 Å². The third kappa shape index (κ3) is 2.32. The molecule has 0 aliphatic carbocycles. The summed E-state index contributed by atoms with van der Waals surface area (Å²) in [6.45, 7) is 5.97. The standard InChI is InChI=1S/C12H19N3O/c1-9(2)15-8-11(7-14-15)12(16)10-4-3-5-13-6-10/h7-10,13H,3-6H2,1-2H3. The van der Waals surface area contributed by atoms with Crippen LogP contribution in [-0.2, 0) is 0 Å². The summed E-state index contributed by atoms with van der Waals surface area (Å²) in [7, 11) is 0. The van der Waals surface area contributed by atoms with E-state index in [0.717, 1.165) is 31.5 Å². The number of piperidine rings is 1. The Kier molecular flexibility index (Phi) is 3.39. The van der Waals surface area contributed by atoms with Crippen LogP contribution in [0.1, 0.15) is 43.1 Å². The molecule has 0 saturated carbocycles. The lowest BCUT2D eigenvalue weighted by atomic mass is 9.92. The SMILES string of the molecule is CC(C)n1cc(C(=O)C2CCCNC2)cn1. The molecule has 2 rings (SSSR count). The van der Waals surface area contributed by atoms with Gasteiger partial charge in [-0.25, -0.2) is 0 Å². The number of ketones is 1. The van der Waals surface area contributed by atoms with E-state index in [2.05, 4.69) is 24.3 Å². The van der Waals surface area contributed by atoms with Crippen LogP contribution in [0.4, 0.5) is 0 Å². The normalized spacial score (nSPS) is 21.3. The van der Waals surface area contributed by atoms with E-state index >= 15 is 0 Å². The van der Waals surface area contributed by atoms with Crippen LogP contribution in [-0.4, -0.2) is 28.7 Å². The van der Waals surface area contributed by atoms with Gasteiger partial charge >= 0.3 is 0 Å². The van der Waals surface area contributed by atoms with Crippen LogP contribution in [0.25, 0.3) is 0 Å². The fourth-order valence-corrected chi connectivity index (χ4v) is 2.06. The molecule has 16 heavy (non-hydrogen) atoms. The van der Waals surface area contributed by atoms with Gasteiger partial charge in [0.1, 0.15) is 0 Å². The van der Waals surface area contributed by atoms with Crippen molar-refractivity contribution in [3.05, 3.63) is 18.0 Å². The van der Waals surface area contributed by atoms with E-state index in [0.29, 0.717) is 6.04 Å². The van der Waals surface area contributed by atoms with E-state index in [-0.39, 0.29) is 11.7 Å². The molecule has 1 aliphatic rings. The van der Waals surface area contributed by atoms with E-state index in [1.165, 1.54) is 0 Å². The second kappa shape index (κ2) is 4.78. The van der Waals surface area contributed by atoms with Crippen LogP contribution in [0.5, 0.6) is 0 Å². The molecule has 1 atom stereocenters. The highest BCUT2D eigenvalue weighted by molar-refractivity contribution is 5.97. The molecule has 1 aliphatic heterocycles. The summed E-state index contributed by atoms with van der Waals surface area (Å²) in [6, 6.07) is 0.311. The van der Waals surface area contributed by atoms with Crippen molar-refractivity contribution in [3.8, 4) is 0 Å². The van der Waals surface area contributed by atoms with Gasteiger partial charge in [-0.05, 0) is 33.2 Å². The van der Waals surface area contributed by atoms with Crippen LogP contribution in [0, 0.1) is 5.92 Å². The van der Waals surface area contributed by atoms with Gasteiger partial charge in [0.05, 0.1) is 11.8 Å². The van der Waals surface area contributed by atoms with Gasteiger partial charge in [-0.3, -0.25) is 9.48 Å². The first kappa shape index (κ1) is 11.3. The predicted octanol–water partition coefficient (Wildman–Crippen LogP) is 1.65. The van der Waals surface area contributed by atoms with E-state index < -0.39 is 0 Å². The Bertz CT molecular complexity index is 364. The quantitative estimate of drug-likeness (QED) is 0.789. The largest absolute Gasteiger partial charge is 0.316 e. The van der Waals surface area contributed by atoms with Crippen LogP contribution < -0.4 is 5.32 Å². The number of Topliss-reactive ketones (excluding diaryl/α,β-unsaturated/α-hetero) is 1. The average Bonchev–Trinajstić information content (AvgIpc) is 2.78. The average molecular weight is 221 g/mol. The van der Waals surface area contributed by atoms with Crippen LogP contribution in [0.3, 0.4) is 0 Å². The number of carbonyl (C=O) groups is 1. The number of carbonyl (C=O) groups excluding carboxylic acids is 1. The molecule has 1 aromatic heterocycles. The molecular weight excluding hydrogens is 202 g/mol. The Balaban J connectivity index is 2.07. The summed E-state index contributed by atoms with van der Waals surface area (Å²) in [5, 5.41) is 7.47. The second-order valence-corrected chi connectivity index (χ2v) is 4.71. The maximum Gasteiger partial charge on any atom is 0.170 e. The lowest BCUT2D eigenvalue weighted by Gasteiger charge is -2.20. The van der Waals surface area contributed by atoms with Gasteiger partial charge in [-0.2, -0.15) is 5.10 Å². The first-order valence-corrected chi connectivity index (χ1v) is 5.97. The van der Waals surface area contributed by atoms with Crippen LogP contribution in [0.15, 0.2) is 12.4 Å². The van der Waals surface area contributed by atoms with Crippen molar-refractivity contribution in [2.75, 3.05) is 13.1 Å². The fraction of sp³-hybridized carbons (Fsp3) is 0.667. The Morgan fingerprint density at radius 2 is 2.44 bits per heavy atom. The lowest BCUT2D eigenvalue weighted by molar-refractivity contribution is 0.0899. The van der Waals surface area contributed by atoms with Gasteiger partial charge in [0.15, 0.2) is 5.78 Å². The first-order chi connectivity index (χ1) is 7.68. The fourth-order valence-electron chi connectivity index (χ4n) is 2.06. The Hall–Kier alpha value is -1.16. The van der Waals surface area contributed by atoms with Gasteiger partial charge in [0.2, 0.25) is 0 Å². The molecule has 1 fully saturated rings. The van der Waals surface area contributed by atoms with Gasteiger partial charge in [-0.1, -0.05) is 0 Å². The summed E-state index contributed by atoms with van der Waals surface area (Å²) in [6.07, 6.45) is 5.64. The lowest BCUT2D eigenvalue weighted by Crippen LogP contribution is -2.34. The molecule has 1 saturated heterocycles. The topological polar surface area (TPSA) is 46.9 Å². The molecule has 1 unspecified atom stereocenters. The van der Waals surface area contributed by atoms with Crippen molar-refractivity contribution in [1.82, 2.24) is 15.1 Å². The zero-order valence-electron chi connectivity index (χ0n) is 9.94. The summed E-state index contributed by atoms with van der Waals surface area (Å²) in [4.78, 5) is 12.1. The molecule has 0 aromatic carbocycles. The number of hydrogen-bond donors (Lipinski definition) is 1. The van der Waals surface area contributed by atoms with Crippen LogP contribution in [0.2, 0.25) is 0 Å². The molecule has 0 spiro atoms. The molecule has 4 nitrogen and oxygen atoms in total. The molecule has 1 N–H and O–H groups in total. The Morgan fingerprint density at radius 1 is 1.62 bits per heavy atom. The highest BCUT2D eigenvalue weighted by atomic mass is 16.1. The maximum atomic E-state index is 12.1. The Morgan fingerprint density at radius 3 is 3.00 bits per heavy atom. The molecule has 0 amide bonds. The second-order valence-electron chi connectivity index (χ2n) is 4.71. The van der Waals surface area contributed by atoms with Gasteiger partial charge in [0.25, 0.3) is 0 Å². The summed E-state index contributed by atoms with van der Waals surface area (Å²) >= 11 is 0. The number of nitrogens with one attached hydrogen (secondary N) is 1. The zero-order chi connectivity index (χ0) is 11.5. The highest BCUT2D eigenvalue weighted by Crippen LogP contribution is 2.17. The van der Waals surface area contributed by atoms with Crippen molar-refractivity contribution in [2.45, 2.75) is 32.7 Å². The highest BCUT2D eigenvalue weighted by Gasteiger charge is 2.23. The van der Waals surface area contributed by atoms with E-state index in [1.807, 2.05) is 10.9 Å². The Labute approximate surface area is 96.0 Å². The molecule has 0 radical (unpaired) electrons. The van der Waals surface area contributed by atoms with Crippen LogP contribution >= 0.6 is 0 Å². The third-order valence-electron chi connectivity index (χ3n) is 3.08. The maximum absolute atomic E-state index is 12.1. The summed E-state index contributed by atoms with van der Waals surface area (Å²) in [5.41, 5.74) is 0.752.